The number of esters is 1. The van der Waals surface area contributed by atoms with Crippen LogP contribution in [-0.2, 0) is 9.53 Å². The average Bonchev–Trinajstić information content (AvgIpc) is 2.59. The summed E-state index contributed by atoms with van der Waals surface area (Å²) >= 11 is 0. The van der Waals surface area contributed by atoms with Crippen molar-refractivity contribution in [2.45, 2.75) is 52.7 Å². The molecule has 1 aromatic carbocycles. The molecule has 0 aliphatic carbocycles. The minimum Gasteiger partial charge on any atom is -0.459 e. The second-order valence-electron chi connectivity index (χ2n) is 6.47. The van der Waals surface area contributed by atoms with E-state index in [0.29, 0.717) is 11.5 Å². The van der Waals surface area contributed by atoms with Crippen LogP contribution in [0.15, 0.2) is 30.3 Å². The largest absolute Gasteiger partial charge is 0.459 e. The first-order valence-corrected chi connectivity index (χ1v) is 8.56. The van der Waals surface area contributed by atoms with Crippen LogP contribution in [0.5, 0.6) is 0 Å². The molecule has 0 saturated heterocycles. The third-order valence-corrected chi connectivity index (χ3v) is 4.19. The highest BCUT2D eigenvalue weighted by Crippen LogP contribution is 2.19. The highest BCUT2D eigenvalue weighted by Gasteiger charge is 2.30. The van der Waals surface area contributed by atoms with Crippen LogP contribution in [-0.4, -0.2) is 35.7 Å². The molecule has 0 aromatic heterocycles. The molecule has 5 nitrogen and oxygen atoms in total. The first-order chi connectivity index (χ1) is 11.4. The lowest BCUT2D eigenvalue weighted by Gasteiger charge is -2.26. The molecule has 0 heterocycles. The van der Waals surface area contributed by atoms with Crippen LogP contribution < -0.4 is 5.32 Å². The Bertz CT molecular complexity index is 517. The predicted molar refractivity (Wildman–Crippen MR) is 93.6 cm³/mol. The van der Waals surface area contributed by atoms with Gasteiger partial charge in [0.2, 0.25) is 0 Å². The van der Waals surface area contributed by atoms with Crippen molar-refractivity contribution in [3.05, 3.63) is 35.9 Å². The lowest BCUT2D eigenvalue weighted by molar-refractivity contribution is -0.153. The SMILES string of the molecule is CCC(C)CC(C)C(NC(=O)c1ccccc1)C(=O)OC(C)CO. The number of hydrogen-bond acceptors (Lipinski definition) is 4. The van der Waals surface area contributed by atoms with Crippen molar-refractivity contribution in [3.8, 4) is 0 Å². The molecule has 2 N–H and O–H groups in total. The Kier molecular flexibility index (Phi) is 8.47. The zero-order valence-electron chi connectivity index (χ0n) is 15.0. The van der Waals surface area contributed by atoms with Crippen LogP contribution in [0.25, 0.3) is 0 Å². The van der Waals surface area contributed by atoms with Crippen LogP contribution in [0.3, 0.4) is 0 Å². The standard InChI is InChI=1S/C19H29NO4/c1-5-13(2)11-14(3)17(19(23)24-15(4)12-21)20-18(22)16-9-7-6-8-10-16/h6-10,13-15,17,21H,5,11-12H2,1-4H3,(H,20,22). The number of aliphatic hydroxyl groups is 1. The summed E-state index contributed by atoms with van der Waals surface area (Å²) in [6.07, 6.45) is 1.22. The Labute approximate surface area is 144 Å². The highest BCUT2D eigenvalue weighted by molar-refractivity contribution is 5.96. The third kappa shape index (κ3) is 6.32. The maximum Gasteiger partial charge on any atom is 0.329 e. The number of carbonyl (C=O) groups is 2. The summed E-state index contributed by atoms with van der Waals surface area (Å²) in [6.45, 7) is 7.53. The summed E-state index contributed by atoms with van der Waals surface area (Å²) in [6, 6.07) is 8.05. The maximum absolute atomic E-state index is 12.4. The van der Waals surface area contributed by atoms with Gasteiger partial charge in [-0.2, -0.15) is 0 Å². The van der Waals surface area contributed by atoms with E-state index in [4.69, 9.17) is 9.84 Å². The van der Waals surface area contributed by atoms with Crippen LogP contribution >= 0.6 is 0 Å². The Morgan fingerprint density at radius 3 is 2.33 bits per heavy atom. The molecule has 0 saturated carbocycles. The zero-order valence-corrected chi connectivity index (χ0v) is 15.0. The van der Waals surface area contributed by atoms with Gasteiger partial charge in [-0.1, -0.05) is 45.4 Å². The highest BCUT2D eigenvalue weighted by atomic mass is 16.6. The Hall–Kier alpha value is -1.88. The van der Waals surface area contributed by atoms with Gasteiger partial charge >= 0.3 is 5.97 Å². The number of hydrogen-bond donors (Lipinski definition) is 2. The fourth-order valence-electron chi connectivity index (χ4n) is 2.49. The lowest BCUT2D eigenvalue weighted by Crippen LogP contribution is -2.47. The Morgan fingerprint density at radius 1 is 1.17 bits per heavy atom. The second kappa shape index (κ2) is 10.1. The molecule has 0 aliphatic heterocycles. The normalized spacial score (nSPS) is 15.9. The van der Waals surface area contributed by atoms with E-state index in [0.717, 1.165) is 12.8 Å². The number of benzene rings is 1. The van der Waals surface area contributed by atoms with E-state index in [1.54, 1.807) is 31.2 Å². The van der Waals surface area contributed by atoms with E-state index in [1.807, 2.05) is 13.0 Å². The summed E-state index contributed by atoms with van der Waals surface area (Å²) in [5, 5.41) is 11.9. The van der Waals surface area contributed by atoms with Gasteiger partial charge in [0.15, 0.2) is 0 Å². The summed E-state index contributed by atoms with van der Waals surface area (Å²) in [4.78, 5) is 24.8. The molecule has 0 spiro atoms. The van der Waals surface area contributed by atoms with Crippen LogP contribution in [0.2, 0.25) is 0 Å². The molecule has 0 aliphatic rings. The molecule has 1 aromatic rings. The fourth-order valence-corrected chi connectivity index (χ4v) is 2.49. The van der Waals surface area contributed by atoms with Gasteiger partial charge in [-0.05, 0) is 37.3 Å². The molecule has 0 fully saturated rings. The number of carbonyl (C=O) groups excluding carboxylic acids is 2. The fraction of sp³-hybridized carbons (Fsp3) is 0.579. The third-order valence-electron chi connectivity index (χ3n) is 4.19. The summed E-state index contributed by atoms with van der Waals surface area (Å²) in [5.41, 5.74) is 0.501. The van der Waals surface area contributed by atoms with Gasteiger partial charge in [0, 0.05) is 5.56 Å². The van der Waals surface area contributed by atoms with E-state index in [2.05, 4.69) is 19.2 Å². The van der Waals surface area contributed by atoms with E-state index in [1.165, 1.54) is 0 Å². The van der Waals surface area contributed by atoms with E-state index in [-0.39, 0.29) is 18.4 Å². The van der Waals surface area contributed by atoms with Crippen molar-refractivity contribution in [2.24, 2.45) is 11.8 Å². The van der Waals surface area contributed by atoms with Crippen molar-refractivity contribution in [2.75, 3.05) is 6.61 Å². The van der Waals surface area contributed by atoms with Gasteiger partial charge < -0.3 is 15.2 Å². The van der Waals surface area contributed by atoms with Crippen molar-refractivity contribution in [3.63, 3.8) is 0 Å². The molecule has 1 amide bonds. The van der Waals surface area contributed by atoms with E-state index < -0.39 is 18.1 Å². The Morgan fingerprint density at radius 2 is 1.79 bits per heavy atom. The molecule has 4 atom stereocenters. The van der Waals surface area contributed by atoms with E-state index in [9.17, 15) is 9.59 Å². The van der Waals surface area contributed by atoms with E-state index >= 15 is 0 Å². The van der Waals surface area contributed by atoms with Crippen LogP contribution in [0, 0.1) is 11.8 Å². The molecule has 5 heteroatoms. The number of aliphatic hydroxyl groups excluding tert-OH is 1. The molecule has 24 heavy (non-hydrogen) atoms. The van der Waals surface area contributed by atoms with Gasteiger partial charge in [0.25, 0.3) is 5.91 Å². The summed E-state index contributed by atoms with van der Waals surface area (Å²) in [7, 11) is 0. The van der Waals surface area contributed by atoms with Gasteiger partial charge in [-0.15, -0.1) is 0 Å². The zero-order chi connectivity index (χ0) is 18.1. The molecular formula is C19H29NO4. The minimum absolute atomic E-state index is 0.0639. The number of rotatable bonds is 9. The quantitative estimate of drug-likeness (QED) is 0.681. The molecule has 0 bridgehead atoms. The van der Waals surface area contributed by atoms with Crippen molar-refractivity contribution in [1.29, 1.82) is 0 Å². The number of nitrogens with one attached hydrogen (secondary N) is 1. The van der Waals surface area contributed by atoms with Gasteiger partial charge in [-0.3, -0.25) is 4.79 Å². The second-order valence-corrected chi connectivity index (χ2v) is 6.47. The van der Waals surface area contributed by atoms with Crippen molar-refractivity contribution in [1.82, 2.24) is 5.32 Å². The minimum atomic E-state index is -0.735. The molecule has 4 unspecified atom stereocenters. The smallest absolute Gasteiger partial charge is 0.329 e. The predicted octanol–water partition coefficient (Wildman–Crippen LogP) is 2.78. The maximum atomic E-state index is 12.4. The summed E-state index contributed by atoms with van der Waals surface area (Å²) in [5.74, 6) is -0.424. The lowest BCUT2D eigenvalue weighted by atomic mass is 9.89. The molecular weight excluding hydrogens is 306 g/mol. The van der Waals surface area contributed by atoms with Gasteiger partial charge in [0.1, 0.15) is 12.1 Å². The molecule has 0 radical (unpaired) electrons. The van der Waals surface area contributed by atoms with Crippen molar-refractivity contribution >= 4 is 11.9 Å². The first-order valence-electron chi connectivity index (χ1n) is 8.56. The van der Waals surface area contributed by atoms with Crippen molar-refractivity contribution < 1.29 is 19.4 Å². The van der Waals surface area contributed by atoms with Crippen LogP contribution in [0.4, 0.5) is 0 Å². The number of ether oxygens (including phenoxy) is 1. The van der Waals surface area contributed by atoms with Gasteiger partial charge in [0.05, 0.1) is 6.61 Å². The molecule has 1 rings (SSSR count). The first kappa shape index (κ1) is 20.2. The van der Waals surface area contributed by atoms with Crippen LogP contribution in [0.1, 0.15) is 50.9 Å². The topological polar surface area (TPSA) is 75.6 Å². The monoisotopic (exact) mass is 335 g/mol. The Balaban J connectivity index is 2.87. The average molecular weight is 335 g/mol. The number of amides is 1. The summed E-state index contributed by atoms with van der Waals surface area (Å²) < 4.78 is 5.23. The molecule has 134 valence electrons. The van der Waals surface area contributed by atoms with Gasteiger partial charge in [-0.25, -0.2) is 4.79 Å².